The third kappa shape index (κ3) is 4.50. The molecule has 2 aromatic rings. The van der Waals surface area contributed by atoms with Crippen molar-refractivity contribution < 1.29 is 19.9 Å². The number of hydrogen-bond donors (Lipinski definition) is 3. The Morgan fingerprint density at radius 2 is 1.89 bits per heavy atom. The van der Waals surface area contributed by atoms with Gasteiger partial charge in [0.05, 0.1) is 16.0 Å². The van der Waals surface area contributed by atoms with Crippen molar-refractivity contribution in [3.63, 3.8) is 0 Å². The molecule has 1 aliphatic rings. The van der Waals surface area contributed by atoms with Crippen molar-refractivity contribution in [3.05, 3.63) is 68.6 Å². The molecule has 2 aromatic carbocycles. The second kappa shape index (κ2) is 7.70. The molecule has 0 atom stereocenters. The SMILES string of the molecule is O=C1N/C(=N\N=C\c2ccc(O)cc2O)S/C1=C/c1ccc([N+](=O)[O-])cc1. The third-order valence-corrected chi connectivity index (χ3v) is 4.31. The van der Waals surface area contributed by atoms with Gasteiger partial charge in [0.1, 0.15) is 11.5 Å². The minimum atomic E-state index is -0.497. The summed E-state index contributed by atoms with van der Waals surface area (Å²) in [6.45, 7) is 0. The van der Waals surface area contributed by atoms with Crippen molar-refractivity contribution >= 4 is 40.8 Å². The van der Waals surface area contributed by atoms with E-state index in [0.29, 0.717) is 16.0 Å². The number of rotatable bonds is 4. The third-order valence-electron chi connectivity index (χ3n) is 3.41. The molecule has 3 N–H and O–H groups in total. The number of nitro benzene ring substituents is 1. The van der Waals surface area contributed by atoms with Gasteiger partial charge in [-0.1, -0.05) is 0 Å². The molecule has 9 nitrogen and oxygen atoms in total. The quantitative estimate of drug-likeness (QED) is 0.321. The lowest BCUT2D eigenvalue weighted by Gasteiger charge is -1.97. The van der Waals surface area contributed by atoms with Crippen LogP contribution in [0.4, 0.5) is 5.69 Å². The van der Waals surface area contributed by atoms with E-state index in [9.17, 15) is 25.1 Å². The van der Waals surface area contributed by atoms with Gasteiger partial charge in [-0.3, -0.25) is 20.2 Å². The van der Waals surface area contributed by atoms with Crippen LogP contribution in [0.5, 0.6) is 11.5 Å². The molecule has 1 aliphatic heterocycles. The van der Waals surface area contributed by atoms with Gasteiger partial charge in [0.2, 0.25) is 0 Å². The Balaban J connectivity index is 1.71. The maximum absolute atomic E-state index is 12.0. The highest BCUT2D eigenvalue weighted by molar-refractivity contribution is 8.18. The number of amidine groups is 1. The average Bonchev–Trinajstić information content (AvgIpc) is 2.97. The van der Waals surface area contributed by atoms with Crippen LogP contribution in [0.2, 0.25) is 0 Å². The largest absolute Gasteiger partial charge is 0.508 e. The van der Waals surface area contributed by atoms with Crippen LogP contribution in [0.25, 0.3) is 6.08 Å². The van der Waals surface area contributed by atoms with E-state index in [1.807, 2.05) is 0 Å². The van der Waals surface area contributed by atoms with Crippen molar-refractivity contribution in [2.24, 2.45) is 10.2 Å². The summed E-state index contributed by atoms with van der Waals surface area (Å²) in [6.07, 6.45) is 2.87. The molecular formula is C17H12N4O5S. The van der Waals surface area contributed by atoms with Gasteiger partial charge in [0.25, 0.3) is 11.6 Å². The highest BCUT2D eigenvalue weighted by atomic mass is 32.2. The number of nitrogens with zero attached hydrogens (tertiary/aromatic N) is 3. The van der Waals surface area contributed by atoms with Crippen LogP contribution < -0.4 is 5.32 Å². The molecule has 10 heteroatoms. The summed E-state index contributed by atoms with van der Waals surface area (Å²) in [4.78, 5) is 22.5. The van der Waals surface area contributed by atoms with Crippen LogP contribution in [0, 0.1) is 10.1 Å². The Labute approximate surface area is 156 Å². The van der Waals surface area contributed by atoms with E-state index in [-0.39, 0.29) is 28.3 Å². The Hall–Kier alpha value is -3.66. The zero-order valence-electron chi connectivity index (χ0n) is 13.6. The molecular weight excluding hydrogens is 372 g/mol. The number of thioether (sulfide) groups is 1. The van der Waals surface area contributed by atoms with Gasteiger partial charge in [0.15, 0.2) is 5.17 Å². The molecule has 1 saturated heterocycles. The average molecular weight is 384 g/mol. The zero-order chi connectivity index (χ0) is 19.4. The number of amides is 1. The van der Waals surface area contributed by atoms with E-state index in [1.54, 1.807) is 18.2 Å². The fraction of sp³-hybridized carbons (Fsp3) is 0. The van der Waals surface area contributed by atoms with Gasteiger partial charge >= 0.3 is 0 Å². The van der Waals surface area contributed by atoms with Gasteiger partial charge in [-0.15, -0.1) is 5.10 Å². The van der Waals surface area contributed by atoms with Crippen LogP contribution in [0.1, 0.15) is 11.1 Å². The number of non-ortho nitro benzene ring substituents is 1. The minimum Gasteiger partial charge on any atom is -0.508 e. The Morgan fingerprint density at radius 1 is 1.15 bits per heavy atom. The van der Waals surface area contributed by atoms with E-state index < -0.39 is 4.92 Å². The summed E-state index contributed by atoms with van der Waals surface area (Å²) in [6, 6.07) is 9.83. The standard InChI is InChI=1S/C17H12N4O5S/c22-13-6-3-11(14(23)8-13)9-18-20-17-19-16(24)15(27-17)7-10-1-4-12(5-2-10)21(25)26/h1-9,22-23H,(H,19,20,24)/b15-7+,18-9+. The van der Waals surface area contributed by atoms with Gasteiger partial charge in [0, 0.05) is 23.8 Å². The zero-order valence-corrected chi connectivity index (χ0v) is 14.4. The van der Waals surface area contributed by atoms with Crippen molar-refractivity contribution in [2.75, 3.05) is 0 Å². The summed E-state index contributed by atoms with van der Waals surface area (Å²) in [7, 11) is 0. The molecule has 0 saturated carbocycles. The monoisotopic (exact) mass is 384 g/mol. The smallest absolute Gasteiger partial charge is 0.269 e. The highest BCUT2D eigenvalue weighted by Crippen LogP contribution is 2.27. The van der Waals surface area contributed by atoms with E-state index >= 15 is 0 Å². The van der Waals surface area contributed by atoms with Crippen LogP contribution >= 0.6 is 11.8 Å². The molecule has 1 heterocycles. The number of carbonyl (C=O) groups excluding carboxylic acids is 1. The number of benzene rings is 2. The number of phenols is 2. The lowest BCUT2D eigenvalue weighted by atomic mass is 10.2. The van der Waals surface area contributed by atoms with Crippen LogP contribution in [0.15, 0.2) is 57.6 Å². The second-order valence-corrected chi connectivity index (χ2v) is 6.34. The highest BCUT2D eigenvalue weighted by Gasteiger charge is 2.23. The maximum Gasteiger partial charge on any atom is 0.269 e. The van der Waals surface area contributed by atoms with Crippen molar-refractivity contribution in [1.29, 1.82) is 0 Å². The molecule has 136 valence electrons. The van der Waals surface area contributed by atoms with Crippen molar-refractivity contribution in [3.8, 4) is 11.5 Å². The molecule has 3 rings (SSSR count). The van der Waals surface area contributed by atoms with Gasteiger partial charge in [-0.25, -0.2) is 0 Å². The number of nitrogens with one attached hydrogen (secondary N) is 1. The van der Waals surface area contributed by atoms with Crippen molar-refractivity contribution in [2.45, 2.75) is 0 Å². The van der Waals surface area contributed by atoms with Crippen LogP contribution in [-0.2, 0) is 4.79 Å². The molecule has 1 amide bonds. The van der Waals surface area contributed by atoms with Gasteiger partial charge in [-0.05, 0) is 47.7 Å². The number of nitro groups is 1. The predicted octanol–water partition coefficient (Wildman–Crippen LogP) is 2.60. The number of phenolic OH excluding ortho intramolecular Hbond substituents is 2. The maximum atomic E-state index is 12.0. The molecule has 0 unspecified atom stereocenters. The summed E-state index contributed by atoms with van der Waals surface area (Å²) in [5, 5.41) is 40.0. The lowest BCUT2D eigenvalue weighted by Crippen LogP contribution is -2.19. The molecule has 0 radical (unpaired) electrons. The summed E-state index contributed by atoms with van der Waals surface area (Å²) in [5.74, 6) is -0.587. The first-order valence-electron chi connectivity index (χ1n) is 7.51. The molecule has 27 heavy (non-hydrogen) atoms. The topological polar surface area (TPSA) is 137 Å². The summed E-state index contributed by atoms with van der Waals surface area (Å²) in [5.41, 5.74) is 0.958. The summed E-state index contributed by atoms with van der Waals surface area (Å²) < 4.78 is 0. The van der Waals surface area contributed by atoms with Gasteiger partial charge < -0.3 is 10.2 Å². The normalized spacial score (nSPS) is 17.0. The molecule has 0 spiro atoms. The Bertz CT molecular complexity index is 999. The van der Waals surface area contributed by atoms with E-state index in [4.69, 9.17) is 0 Å². The molecule has 1 fully saturated rings. The number of carbonyl (C=O) groups is 1. The number of aromatic hydroxyl groups is 2. The fourth-order valence-corrected chi connectivity index (χ4v) is 2.88. The van der Waals surface area contributed by atoms with Crippen LogP contribution in [0.3, 0.4) is 0 Å². The first kappa shape index (κ1) is 18.1. The second-order valence-electron chi connectivity index (χ2n) is 5.31. The Kier molecular flexibility index (Phi) is 5.18. The number of hydrogen-bond acceptors (Lipinski definition) is 8. The fourth-order valence-electron chi connectivity index (χ4n) is 2.10. The molecule has 0 bridgehead atoms. The van der Waals surface area contributed by atoms with Gasteiger partial charge in [-0.2, -0.15) is 5.10 Å². The first-order valence-corrected chi connectivity index (χ1v) is 8.32. The van der Waals surface area contributed by atoms with Crippen molar-refractivity contribution in [1.82, 2.24) is 5.32 Å². The molecule has 0 aliphatic carbocycles. The minimum absolute atomic E-state index is 0.0326. The van der Waals surface area contributed by atoms with E-state index in [1.165, 1.54) is 36.5 Å². The predicted molar refractivity (Wildman–Crippen MR) is 102 cm³/mol. The van der Waals surface area contributed by atoms with E-state index in [2.05, 4.69) is 15.5 Å². The van der Waals surface area contributed by atoms with E-state index in [0.717, 1.165) is 11.8 Å². The first-order chi connectivity index (χ1) is 12.9. The lowest BCUT2D eigenvalue weighted by molar-refractivity contribution is -0.384. The van der Waals surface area contributed by atoms with Crippen LogP contribution in [-0.4, -0.2) is 32.4 Å². The molecule has 0 aromatic heterocycles. The summed E-state index contributed by atoms with van der Waals surface area (Å²) >= 11 is 1.07. The Morgan fingerprint density at radius 3 is 2.56 bits per heavy atom.